The summed E-state index contributed by atoms with van der Waals surface area (Å²) in [6.45, 7) is 0.999. The lowest BCUT2D eigenvalue weighted by molar-refractivity contribution is 0.599. The van der Waals surface area contributed by atoms with Crippen LogP contribution < -0.4 is 10.6 Å². The second-order valence-electron chi connectivity index (χ2n) is 6.46. The summed E-state index contributed by atoms with van der Waals surface area (Å²) in [5.74, 6) is 0.0563. The number of halogens is 1. The van der Waals surface area contributed by atoms with Crippen molar-refractivity contribution < 1.29 is 12.8 Å². The van der Waals surface area contributed by atoms with Crippen molar-refractivity contribution in [1.82, 2.24) is 20.4 Å². The Kier molecular flexibility index (Phi) is 7.35. The number of nitrogens with one attached hydrogen (secondary N) is 2. The second-order valence-corrected chi connectivity index (χ2v) is 8.60. The first-order chi connectivity index (χ1) is 12.8. The summed E-state index contributed by atoms with van der Waals surface area (Å²) in [5.41, 5.74) is 2.35. The van der Waals surface area contributed by atoms with E-state index >= 15 is 0 Å². The van der Waals surface area contributed by atoms with Crippen molar-refractivity contribution in [3.8, 4) is 0 Å². The minimum atomic E-state index is -3.20. The topological polar surface area (TPSA) is 88.4 Å². The molecule has 0 saturated carbocycles. The largest absolute Gasteiger partial charge is 0.356 e. The first-order valence-corrected chi connectivity index (χ1v) is 10.7. The lowest BCUT2D eigenvalue weighted by Gasteiger charge is -2.14. The normalized spacial score (nSPS) is 12.2. The molecule has 1 heterocycles. The number of aromatic nitrogens is 2. The van der Waals surface area contributed by atoms with Gasteiger partial charge in [-0.05, 0) is 41.7 Å². The molecule has 2 N–H and O–H groups in total. The highest BCUT2D eigenvalue weighted by Crippen LogP contribution is 2.14. The molecule has 0 atom stereocenters. The minimum Gasteiger partial charge on any atom is -0.356 e. The number of benzene rings is 1. The van der Waals surface area contributed by atoms with Gasteiger partial charge >= 0.3 is 0 Å². The van der Waals surface area contributed by atoms with E-state index in [1.807, 2.05) is 19.4 Å². The Morgan fingerprint density at radius 3 is 2.70 bits per heavy atom. The molecule has 2 aromatic rings. The van der Waals surface area contributed by atoms with Crippen molar-refractivity contribution >= 4 is 15.8 Å². The highest BCUT2D eigenvalue weighted by molar-refractivity contribution is 7.89. The van der Waals surface area contributed by atoms with Crippen molar-refractivity contribution in [3.63, 3.8) is 0 Å². The molecular weight excluding hydrogens is 369 g/mol. The number of aryl methyl sites for hydroxylation is 2. The van der Waals surface area contributed by atoms with Crippen LogP contribution in [0.5, 0.6) is 0 Å². The van der Waals surface area contributed by atoms with Crippen molar-refractivity contribution in [2.75, 3.05) is 19.8 Å². The fraction of sp³-hybridized carbons (Fsp3) is 0.444. The number of sulfone groups is 1. The maximum atomic E-state index is 13.6. The molecule has 0 aliphatic rings. The Labute approximate surface area is 159 Å². The van der Waals surface area contributed by atoms with E-state index in [1.54, 1.807) is 11.7 Å². The third-order valence-corrected chi connectivity index (χ3v) is 4.78. The molecular formula is C18H26FN5O2S. The Hall–Kier alpha value is -2.42. The Bertz CT molecular complexity index is 893. The van der Waals surface area contributed by atoms with Crippen LogP contribution in [0.4, 0.5) is 4.39 Å². The number of guanidine groups is 1. The summed E-state index contributed by atoms with van der Waals surface area (Å²) in [5, 5.41) is 10.4. The number of aliphatic imine (C=N–C) groups is 1. The molecule has 0 fully saturated rings. The van der Waals surface area contributed by atoms with Gasteiger partial charge in [-0.25, -0.2) is 12.8 Å². The zero-order valence-electron chi connectivity index (χ0n) is 15.9. The first-order valence-electron chi connectivity index (χ1n) is 8.64. The highest BCUT2D eigenvalue weighted by Gasteiger charge is 2.11. The van der Waals surface area contributed by atoms with Crippen LogP contribution in [-0.4, -0.2) is 44.0 Å². The summed E-state index contributed by atoms with van der Waals surface area (Å²) in [7, 11) is 0.337. The van der Waals surface area contributed by atoms with E-state index in [1.165, 1.54) is 23.8 Å². The van der Waals surface area contributed by atoms with E-state index < -0.39 is 15.7 Å². The van der Waals surface area contributed by atoms with Gasteiger partial charge in [-0.15, -0.1) is 0 Å². The zero-order valence-corrected chi connectivity index (χ0v) is 16.7. The number of hydrogen-bond donors (Lipinski definition) is 2. The highest BCUT2D eigenvalue weighted by atomic mass is 32.2. The average Bonchev–Trinajstić information content (AvgIpc) is 3.00. The third kappa shape index (κ3) is 7.38. The summed E-state index contributed by atoms with van der Waals surface area (Å²) in [6, 6.07) is 4.14. The van der Waals surface area contributed by atoms with E-state index in [0.717, 1.165) is 19.1 Å². The molecule has 9 heteroatoms. The van der Waals surface area contributed by atoms with E-state index in [9.17, 15) is 12.8 Å². The average molecular weight is 396 g/mol. The van der Waals surface area contributed by atoms with Crippen LogP contribution in [0.3, 0.4) is 0 Å². The van der Waals surface area contributed by atoms with Crippen LogP contribution >= 0.6 is 0 Å². The standard InChI is InChI=1S/C18H26FN5O2S/c1-20-18(21-8-4-5-14-10-23-24(2)12-14)22-11-16-9-17(19)7-6-15(16)13-27(3,25)26/h6-7,9-10,12H,4-5,8,11,13H2,1-3H3,(H2,20,21,22). The van der Waals surface area contributed by atoms with Gasteiger partial charge < -0.3 is 10.6 Å². The molecule has 0 amide bonds. The number of rotatable bonds is 8. The molecule has 0 aliphatic heterocycles. The van der Waals surface area contributed by atoms with Crippen LogP contribution in [0.1, 0.15) is 23.1 Å². The molecule has 27 heavy (non-hydrogen) atoms. The molecule has 1 aromatic heterocycles. The van der Waals surface area contributed by atoms with Crippen LogP contribution in [0.2, 0.25) is 0 Å². The van der Waals surface area contributed by atoms with Gasteiger partial charge in [-0.3, -0.25) is 9.67 Å². The van der Waals surface area contributed by atoms with Crippen molar-refractivity contribution in [2.24, 2.45) is 12.0 Å². The predicted octanol–water partition coefficient (Wildman–Crippen LogP) is 1.40. The second kappa shape index (κ2) is 9.50. The van der Waals surface area contributed by atoms with Crippen LogP contribution in [0, 0.1) is 5.82 Å². The Morgan fingerprint density at radius 2 is 2.07 bits per heavy atom. The van der Waals surface area contributed by atoms with E-state index in [4.69, 9.17) is 0 Å². The molecule has 7 nitrogen and oxygen atoms in total. The summed E-state index contributed by atoms with van der Waals surface area (Å²) < 4.78 is 38.5. The molecule has 0 bridgehead atoms. The quantitative estimate of drug-likeness (QED) is 0.401. The van der Waals surface area contributed by atoms with E-state index in [0.29, 0.717) is 23.6 Å². The first kappa shape index (κ1) is 20.9. The lowest BCUT2D eigenvalue weighted by atomic mass is 10.1. The molecule has 0 spiro atoms. The van der Waals surface area contributed by atoms with E-state index in [2.05, 4.69) is 20.7 Å². The van der Waals surface area contributed by atoms with Crippen LogP contribution in [0.15, 0.2) is 35.6 Å². The molecule has 2 rings (SSSR count). The lowest BCUT2D eigenvalue weighted by Crippen LogP contribution is -2.37. The van der Waals surface area contributed by atoms with Crippen molar-refractivity contribution in [3.05, 3.63) is 53.1 Å². The molecule has 0 aliphatic carbocycles. The third-order valence-electron chi connectivity index (χ3n) is 3.95. The Balaban J connectivity index is 1.87. The van der Waals surface area contributed by atoms with Gasteiger partial charge in [0.2, 0.25) is 0 Å². The summed E-state index contributed by atoms with van der Waals surface area (Å²) >= 11 is 0. The number of hydrogen-bond acceptors (Lipinski definition) is 4. The molecule has 1 aromatic carbocycles. The van der Waals surface area contributed by atoms with E-state index in [-0.39, 0.29) is 12.3 Å². The maximum Gasteiger partial charge on any atom is 0.191 e. The summed E-state index contributed by atoms with van der Waals surface area (Å²) in [6.07, 6.45) is 6.81. The van der Waals surface area contributed by atoms with Gasteiger partial charge in [0.05, 0.1) is 11.9 Å². The zero-order chi connectivity index (χ0) is 19.9. The van der Waals surface area contributed by atoms with Gasteiger partial charge in [0.25, 0.3) is 0 Å². The SMILES string of the molecule is CN=C(NCCCc1cnn(C)c1)NCc1cc(F)ccc1CS(C)(=O)=O. The van der Waals surface area contributed by atoms with Crippen LogP contribution in [-0.2, 0) is 35.6 Å². The summed E-state index contributed by atoms with van der Waals surface area (Å²) in [4.78, 5) is 4.14. The van der Waals surface area contributed by atoms with Gasteiger partial charge in [0.15, 0.2) is 15.8 Å². The molecule has 148 valence electrons. The van der Waals surface area contributed by atoms with Gasteiger partial charge in [0.1, 0.15) is 5.82 Å². The molecule has 0 unspecified atom stereocenters. The Morgan fingerprint density at radius 1 is 1.30 bits per heavy atom. The van der Waals surface area contributed by atoms with Gasteiger partial charge in [0, 0.05) is 39.6 Å². The van der Waals surface area contributed by atoms with Crippen LogP contribution in [0.25, 0.3) is 0 Å². The fourth-order valence-corrected chi connectivity index (χ4v) is 3.53. The smallest absolute Gasteiger partial charge is 0.191 e. The van der Waals surface area contributed by atoms with Gasteiger partial charge in [-0.1, -0.05) is 6.07 Å². The van der Waals surface area contributed by atoms with Gasteiger partial charge in [-0.2, -0.15) is 5.10 Å². The predicted molar refractivity (Wildman–Crippen MR) is 105 cm³/mol. The number of nitrogens with zero attached hydrogens (tertiary/aromatic N) is 3. The van der Waals surface area contributed by atoms with Crippen molar-refractivity contribution in [2.45, 2.75) is 25.1 Å². The van der Waals surface area contributed by atoms with Crippen molar-refractivity contribution in [1.29, 1.82) is 0 Å². The molecule has 0 saturated heterocycles. The monoisotopic (exact) mass is 395 g/mol. The fourth-order valence-electron chi connectivity index (χ4n) is 2.68. The molecule has 0 radical (unpaired) electrons. The maximum absolute atomic E-state index is 13.6. The minimum absolute atomic E-state index is 0.124.